The summed E-state index contributed by atoms with van der Waals surface area (Å²) in [6, 6.07) is 0. The first-order valence-corrected chi connectivity index (χ1v) is 11.4. The van der Waals surface area contributed by atoms with E-state index in [1.165, 1.54) is 31.3 Å². The summed E-state index contributed by atoms with van der Waals surface area (Å²) in [5, 5.41) is 0. The number of esters is 1. The van der Waals surface area contributed by atoms with Crippen molar-refractivity contribution >= 4 is 11.8 Å². The molecule has 0 unspecified atom stereocenters. The van der Waals surface area contributed by atoms with Gasteiger partial charge in [0.15, 0.2) is 5.78 Å². The van der Waals surface area contributed by atoms with Crippen LogP contribution in [0.2, 0.25) is 0 Å². The summed E-state index contributed by atoms with van der Waals surface area (Å²) in [6.07, 6.45) is 10.6. The van der Waals surface area contributed by atoms with Crippen molar-refractivity contribution in [1.29, 1.82) is 0 Å². The lowest BCUT2D eigenvalue weighted by atomic mass is 9.45. The topological polar surface area (TPSA) is 43.4 Å². The molecule has 144 valence electrons. The van der Waals surface area contributed by atoms with Crippen LogP contribution in [0.4, 0.5) is 0 Å². The summed E-state index contributed by atoms with van der Waals surface area (Å²) in [5.74, 6) is 5.65. The van der Waals surface area contributed by atoms with E-state index in [0.717, 1.165) is 48.9 Å². The molecule has 1 heterocycles. The average molecular weight is 367 g/mol. The highest BCUT2D eigenvalue weighted by Crippen LogP contribution is 2.82. The second-order valence-corrected chi connectivity index (χ2v) is 11.5. The van der Waals surface area contributed by atoms with E-state index in [0.29, 0.717) is 24.0 Å². The Labute approximate surface area is 161 Å². The van der Waals surface area contributed by atoms with Gasteiger partial charge in [0.25, 0.3) is 0 Å². The normalized spacial score (nSPS) is 62.0. The van der Waals surface area contributed by atoms with Crippen molar-refractivity contribution in [3.05, 3.63) is 11.6 Å². The SMILES string of the molecule is C[C@]12CCC(=O)C=C1[C@H]1C[C@H]1[C@@H]1[C@H]3[C@@H]4C[C@H]4[C@@]4(CCC(=O)O4)[C@@]3(C)CC[C@H]12. The van der Waals surface area contributed by atoms with Crippen LogP contribution in [0.15, 0.2) is 11.6 Å². The number of ketones is 1. The van der Waals surface area contributed by atoms with E-state index < -0.39 is 0 Å². The number of hydrogen-bond acceptors (Lipinski definition) is 3. The molecule has 0 aromatic rings. The Morgan fingerprint density at radius 2 is 1.85 bits per heavy atom. The van der Waals surface area contributed by atoms with Gasteiger partial charge in [-0.2, -0.15) is 0 Å². The lowest BCUT2D eigenvalue weighted by molar-refractivity contribution is -0.177. The van der Waals surface area contributed by atoms with Gasteiger partial charge in [0.1, 0.15) is 5.60 Å². The number of allylic oxidation sites excluding steroid dienone is 1. The molecule has 1 spiro atoms. The van der Waals surface area contributed by atoms with Crippen molar-refractivity contribution in [3.63, 3.8) is 0 Å². The molecule has 7 aliphatic rings. The van der Waals surface area contributed by atoms with Crippen molar-refractivity contribution in [2.24, 2.45) is 52.3 Å². The quantitative estimate of drug-likeness (QED) is 0.600. The molecule has 3 nitrogen and oxygen atoms in total. The number of hydrogen-bond donors (Lipinski definition) is 0. The molecule has 1 aliphatic heterocycles. The van der Waals surface area contributed by atoms with Gasteiger partial charge < -0.3 is 4.74 Å². The molecule has 27 heavy (non-hydrogen) atoms. The van der Waals surface area contributed by atoms with E-state index in [1.54, 1.807) is 0 Å². The van der Waals surface area contributed by atoms with Gasteiger partial charge in [-0.1, -0.05) is 19.4 Å². The molecule has 0 radical (unpaired) electrons. The van der Waals surface area contributed by atoms with Crippen LogP contribution < -0.4 is 0 Å². The fourth-order valence-corrected chi connectivity index (χ4v) is 9.74. The Bertz CT molecular complexity index is 827. The molecule has 6 fully saturated rings. The summed E-state index contributed by atoms with van der Waals surface area (Å²) in [4.78, 5) is 24.3. The molecule has 0 N–H and O–H groups in total. The second kappa shape index (κ2) is 4.39. The van der Waals surface area contributed by atoms with Crippen LogP contribution in [-0.2, 0) is 14.3 Å². The smallest absolute Gasteiger partial charge is 0.306 e. The van der Waals surface area contributed by atoms with Crippen LogP contribution in [0.1, 0.15) is 65.2 Å². The first-order valence-electron chi connectivity index (χ1n) is 11.4. The molecule has 3 heteroatoms. The van der Waals surface area contributed by atoms with Gasteiger partial charge >= 0.3 is 5.97 Å². The molecule has 0 aromatic heterocycles. The minimum atomic E-state index is -0.131. The zero-order valence-electron chi connectivity index (χ0n) is 16.5. The van der Waals surface area contributed by atoms with Gasteiger partial charge in [0.05, 0.1) is 0 Å². The zero-order valence-corrected chi connectivity index (χ0v) is 16.5. The lowest BCUT2D eigenvalue weighted by Gasteiger charge is -2.60. The maximum absolute atomic E-state index is 12.2. The van der Waals surface area contributed by atoms with E-state index >= 15 is 0 Å². The predicted octanol–water partition coefficient (Wildman–Crippen LogP) is 4.31. The Kier molecular flexibility index (Phi) is 2.56. The predicted molar refractivity (Wildman–Crippen MR) is 99.5 cm³/mol. The van der Waals surface area contributed by atoms with Gasteiger partial charge in [-0.15, -0.1) is 0 Å². The Balaban J connectivity index is 1.33. The average Bonchev–Trinajstić information content (AvgIpc) is 3.53. The molecule has 1 saturated heterocycles. The maximum Gasteiger partial charge on any atom is 0.306 e. The third-order valence-electron chi connectivity index (χ3n) is 10.9. The van der Waals surface area contributed by atoms with Crippen LogP contribution in [-0.4, -0.2) is 17.4 Å². The number of ether oxygens (including phenoxy) is 1. The van der Waals surface area contributed by atoms with Gasteiger partial charge in [-0.25, -0.2) is 0 Å². The van der Waals surface area contributed by atoms with Crippen LogP contribution >= 0.6 is 0 Å². The van der Waals surface area contributed by atoms with Crippen molar-refractivity contribution in [2.75, 3.05) is 0 Å². The molecule has 10 atom stereocenters. The lowest BCUT2D eigenvalue weighted by Crippen LogP contribution is -2.57. The second-order valence-electron chi connectivity index (χ2n) is 11.5. The van der Waals surface area contributed by atoms with Crippen molar-refractivity contribution in [1.82, 2.24) is 0 Å². The highest BCUT2D eigenvalue weighted by atomic mass is 16.6. The molecular weight excluding hydrogens is 336 g/mol. The van der Waals surface area contributed by atoms with Crippen LogP contribution in [0.3, 0.4) is 0 Å². The van der Waals surface area contributed by atoms with E-state index in [-0.39, 0.29) is 22.4 Å². The van der Waals surface area contributed by atoms with Crippen molar-refractivity contribution < 1.29 is 14.3 Å². The van der Waals surface area contributed by atoms with Crippen LogP contribution in [0.25, 0.3) is 0 Å². The number of carbonyl (C=O) groups is 2. The zero-order chi connectivity index (χ0) is 18.3. The van der Waals surface area contributed by atoms with Gasteiger partial charge in [-0.3, -0.25) is 9.59 Å². The van der Waals surface area contributed by atoms with E-state index in [1.807, 2.05) is 0 Å². The van der Waals surface area contributed by atoms with E-state index in [4.69, 9.17) is 4.74 Å². The molecule has 6 aliphatic carbocycles. The summed E-state index contributed by atoms with van der Waals surface area (Å²) in [7, 11) is 0. The molecule has 5 saturated carbocycles. The summed E-state index contributed by atoms with van der Waals surface area (Å²) < 4.78 is 6.22. The van der Waals surface area contributed by atoms with E-state index in [9.17, 15) is 9.59 Å². The highest BCUT2D eigenvalue weighted by molar-refractivity contribution is 5.92. The molecule has 0 amide bonds. The third-order valence-corrected chi connectivity index (χ3v) is 10.9. The first-order chi connectivity index (χ1) is 12.9. The fraction of sp³-hybridized carbons (Fsp3) is 0.833. The number of rotatable bonds is 0. The molecule has 0 bridgehead atoms. The standard InChI is InChI=1S/C24H30O3/c1-22-6-3-12(25)9-17(22)13-10-14(13)20-16(22)4-7-23(2)21(20)15-11-18(15)24(23)8-5-19(26)27-24/h9,13-16,18,20-21H,3-8,10-11H2,1-2H3/t13-,14+,15+,16+,18+,20-,21+,22+,23-,24-/m0/s1. The summed E-state index contributed by atoms with van der Waals surface area (Å²) >= 11 is 0. The Morgan fingerprint density at radius 3 is 2.63 bits per heavy atom. The highest BCUT2D eigenvalue weighted by Gasteiger charge is 2.81. The third kappa shape index (κ3) is 1.58. The van der Waals surface area contributed by atoms with Crippen molar-refractivity contribution in [2.45, 2.75) is 70.8 Å². The monoisotopic (exact) mass is 366 g/mol. The molecule has 0 aromatic carbocycles. The Morgan fingerprint density at radius 1 is 1.00 bits per heavy atom. The number of carbonyl (C=O) groups excluding carboxylic acids is 2. The maximum atomic E-state index is 12.2. The minimum Gasteiger partial charge on any atom is -0.458 e. The van der Waals surface area contributed by atoms with Gasteiger partial charge in [-0.05, 0) is 85.5 Å². The Hall–Kier alpha value is -1.12. The van der Waals surface area contributed by atoms with Gasteiger partial charge in [0, 0.05) is 24.2 Å². The molecule has 7 rings (SSSR count). The number of fused-ring (bicyclic) bond motifs is 12. The fourth-order valence-electron chi connectivity index (χ4n) is 9.74. The van der Waals surface area contributed by atoms with Crippen LogP contribution in [0.5, 0.6) is 0 Å². The summed E-state index contributed by atoms with van der Waals surface area (Å²) in [5.41, 5.74) is 1.85. The van der Waals surface area contributed by atoms with Gasteiger partial charge in [0.2, 0.25) is 0 Å². The van der Waals surface area contributed by atoms with Crippen molar-refractivity contribution in [3.8, 4) is 0 Å². The minimum absolute atomic E-state index is 0.0561. The molecular formula is C24H30O3. The largest absolute Gasteiger partial charge is 0.458 e. The first kappa shape index (κ1) is 15.8. The van der Waals surface area contributed by atoms with Crippen LogP contribution in [0, 0.1) is 52.3 Å². The summed E-state index contributed by atoms with van der Waals surface area (Å²) in [6.45, 7) is 4.99. The van der Waals surface area contributed by atoms with E-state index in [2.05, 4.69) is 19.9 Å².